The average molecular weight is 268 g/mol. The van der Waals surface area contributed by atoms with Crippen molar-refractivity contribution in [3.05, 3.63) is 29.6 Å². The van der Waals surface area contributed by atoms with Gasteiger partial charge in [0.15, 0.2) is 0 Å². The predicted molar refractivity (Wildman–Crippen MR) is 69.4 cm³/mol. The molecule has 0 saturated heterocycles. The smallest absolute Gasteiger partial charge is 0.309 e. The SMILES string of the molecule is CC(C)(CCNc1ccc(F)cc1C(N)=O)C(=O)O. The van der Waals surface area contributed by atoms with Gasteiger partial charge >= 0.3 is 5.97 Å². The van der Waals surface area contributed by atoms with Gasteiger partial charge in [0.05, 0.1) is 11.0 Å². The molecule has 0 unspecified atom stereocenters. The highest BCUT2D eigenvalue weighted by molar-refractivity contribution is 5.98. The van der Waals surface area contributed by atoms with Gasteiger partial charge in [-0.2, -0.15) is 0 Å². The summed E-state index contributed by atoms with van der Waals surface area (Å²) in [4.78, 5) is 22.1. The Balaban J connectivity index is 2.74. The van der Waals surface area contributed by atoms with Gasteiger partial charge in [-0.25, -0.2) is 4.39 Å². The number of halogens is 1. The van der Waals surface area contributed by atoms with Crippen molar-refractivity contribution in [2.24, 2.45) is 11.1 Å². The van der Waals surface area contributed by atoms with E-state index >= 15 is 0 Å². The molecule has 1 rings (SSSR count). The van der Waals surface area contributed by atoms with Crippen LogP contribution in [0.5, 0.6) is 0 Å². The van der Waals surface area contributed by atoms with E-state index in [-0.39, 0.29) is 5.56 Å². The number of carbonyl (C=O) groups excluding carboxylic acids is 1. The van der Waals surface area contributed by atoms with Crippen molar-refractivity contribution in [2.45, 2.75) is 20.3 Å². The second-order valence-electron chi connectivity index (χ2n) is 4.92. The molecule has 0 aliphatic rings. The van der Waals surface area contributed by atoms with Crippen molar-refractivity contribution in [3.8, 4) is 0 Å². The van der Waals surface area contributed by atoms with Gasteiger partial charge in [0.25, 0.3) is 5.91 Å². The number of carbonyl (C=O) groups is 2. The van der Waals surface area contributed by atoms with E-state index in [0.29, 0.717) is 18.7 Å². The van der Waals surface area contributed by atoms with Gasteiger partial charge in [0.2, 0.25) is 0 Å². The maximum absolute atomic E-state index is 13.0. The second kappa shape index (κ2) is 5.69. The third-order valence-electron chi connectivity index (χ3n) is 2.89. The number of carboxylic acid groups (broad SMARTS) is 1. The minimum atomic E-state index is -0.900. The Labute approximate surface area is 110 Å². The van der Waals surface area contributed by atoms with Crippen LogP contribution in [0.25, 0.3) is 0 Å². The fourth-order valence-electron chi connectivity index (χ4n) is 1.49. The summed E-state index contributed by atoms with van der Waals surface area (Å²) in [6.07, 6.45) is 0.359. The van der Waals surface area contributed by atoms with Gasteiger partial charge in [-0.3, -0.25) is 9.59 Å². The summed E-state index contributed by atoms with van der Waals surface area (Å²) in [5.74, 6) is -2.19. The minimum Gasteiger partial charge on any atom is -0.481 e. The van der Waals surface area contributed by atoms with Crippen LogP contribution >= 0.6 is 0 Å². The highest BCUT2D eigenvalue weighted by atomic mass is 19.1. The fourth-order valence-corrected chi connectivity index (χ4v) is 1.49. The molecule has 6 heteroatoms. The number of aliphatic carboxylic acids is 1. The number of benzene rings is 1. The molecule has 1 amide bonds. The van der Waals surface area contributed by atoms with E-state index in [1.807, 2.05) is 0 Å². The van der Waals surface area contributed by atoms with Crippen molar-refractivity contribution < 1.29 is 19.1 Å². The van der Waals surface area contributed by atoms with Crippen LogP contribution in [0.4, 0.5) is 10.1 Å². The summed E-state index contributed by atoms with van der Waals surface area (Å²) in [6, 6.07) is 3.66. The van der Waals surface area contributed by atoms with Crippen molar-refractivity contribution >= 4 is 17.6 Å². The van der Waals surface area contributed by atoms with Crippen molar-refractivity contribution in [1.82, 2.24) is 0 Å². The van der Waals surface area contributed by atoms with Gasteiger partial charge in [0, 0.05) is 12.2 Å². The highest BCUT2D eigenvalue weighted by Crippen LogP contribution is 2.22. The lowest BCUT2D eigenvalue weighted by molar-refractivity contribution is -0.147. The summed E-state index contributed by atoms with van der Waals surface area (Å²) in [5.41, 5.74) is 4.72. The van der Waals surface area contributed by atoms with Crippen LogP contribution in [0.2, 0.25) is 0 Å². The number of nitrogens with one attached hydrogen (secondary N) is 1. The molecule has 0 fully saturated rings. The molecule has 104 valence electrons. The molecule has 0 heterocycles. The lowest BCUT2D eigenvalue weighted by Gasteiger charge is -2.19. The molecule has 0 aliphatic carbocycles. The van der Waals surface area contributed by atoms with E-state index < -0.39 is 23.1 Å². The van der Waals surface area contributed by atoms with Crippen LogP contribution in [-0.4, -0.2) is 23.5 Å². The van der Waals surface area contributed by atoms with Crippen LogP contribution in [-0.2, 0) is 4.79 Å². The van der Waals surface area contributed by atoms with Gasteiger partial charge in [0.1, 0.15) is 5.82 Å². The van der Waals surface area contributed by atoms with Crippen molar-refractivity contribution in [3.63, 3.8) is 0 Å². The zero-order valence-electron chi connectivity index (χ0n) is 10.9. The Morgan fingerprint density at radius 3 is 2.58 bits per heavy atom. The predicted octanol–water partition coefficient (Wildman–Crippen LogP) is 1.84. The van der Waals surface area contributed by atoms with E-state index in [9.17, 15) is 14.0 Å². The van der Waals surface area contributed by atoms with Crippen LogP contribution in [0, 0.1) is 11.2 Å². The Morgan fingerprint density at radius 1 is 1.42 bits per heavy atom. The highest BCUT2D eigenvalue weighted by Gasteiger charge is 2.26. The number of nitrogens with two attached hydrogens (primary N) is 1. The van der Waals surface area contributed by atoms with Gasteiger partial charge in [-0.1, -0.05) is 0 Å². The Bertz CT molecular complexity index is 501. The first-order chi connectivity index (χ1) is 8.74. The molecule has 0 saturated carbocycles. The maximum Gasteiger partial charge on any atom is 0.309 e. The van der Waals surface area contributed by atoms with E-state index in [1.54, 1.807) is 13.8 Å². The maximum atomic E-state index is 13.0. The molecule has 0 spiro atoms. The van der Waals surface area contributed by atoms with Crippen molar-refractivity contribution in [2.75, 3.05) is 11.9 Å². The molecule has 0 atom stereocenters. The van der Waals surface area contributed by atoms with Crippen LogP contribution < -0.4 is 11.1 Å². The zero-order chi connectivity index (χ0) is 14.6. The third kappa shape index (κ3) is 3.94. The molecule has 1 aromatic rings. The Morgan fingerprint density at radius 2 is 2.05 bits per heavy atom. The Hall–Kier alpha value is -2.11. The summed E-state index contributed by atoms with van der Waals surface area (Å²) in [6.45, 7) is 3.55. The number of amides is 1. The molecular formula is C13H17FN2O3. The lowest BCUT2D eigenvalue weighted by Crippen LogP contribution is -2.26. The van der Waals surface area contributed by atoms with E-state index in [2.05, 4.69) is 5.32 Å². The molecule has 0 aliphatic heterocycles. The number of anilines is 1. The second-order valence-corrected chi connectivity index (χ2v) is 4.92. The van der Waals surface area contributed by atoms with E-state index in [4.69, 9.17) is 10.8 Å². The molecule has 0 radical (unpaired) electrons. The summed E-state index contributed by atoms with van der Waals surface area (Å²) < 4.78 is 13.0. The first-order valence-corrected chi connectivity index (χ1v) is 5.80. The monoisotopic (exact) mass is 268 g/mol. The minimum absolute atomic E-state index is 0.0492. The number of rotatable bonds is 6. The quantitative estimate of drug-likeness (QED) is 0.734. The first-order valence-electron chi connectivity index (χ1n) is 5.80. The van der Waals surface area contributed by atoms with Crippen LogP contribution in [0.3, 0.4) is 0 Å². The van der Waals surface area contributed by atoms with Crippen molar-refractivity contribution in [1.29, 1.82) is 0 Å². The summed E-state index contributed by atoms with van der Waals surface area (Å²) in [5, 5.41) is 11.9. The zero-order valence-corrected chi connectivity index (χ0v) is 10.9. The van der Waals surface area contributed by atoms with Gasteiger partial charge in [-0.05, 0) is 38.5 Å². The summed E-state index contributed by atoms with van der Waals surface area (Å²) in [7, 11) is 0. The molecular weight excluding hydrogens is 251 g/mol. The normalized spacial score (nSPS) is 11.1. The molecule has 0 bridgehead atoms. The topological polar surface area (TPSA) is 92.4 Å². The van der Waals surface area contributed by atoms with Gasteiger partial charge < -0.3 is 16.2 Å². The number of carboxylic acids is 1. The Kier molecular flexibility index (Phi) is 4.47. The first kappa shape index (κ1) is 14.9. The molecule has 5 nitrogen and oxygen atoms in total. The lowest BCUT2D eigenvalue weighted by atomic mass is 9.89. The number of primary amides is 1. The third-order valence-corrected chi connectivity index (χ3v) is 2.89. The number of hydrogen-bond acceptors (Lipinski definition) is 3. The molecule has 0 aromatic heterocycles. The summed E-state index contributed by atoms with van der Waals surface area (Å²) >= 11 is 0. The largest absolute Gasteiger partial charge is 0.481 e. The van der Waals surface area contributed by atoms with E-state index in [0.717, 1.165) is 6.07 Å². The van der Waals surface area contributed by atoms with E-state index in [1.165, 1.54) is 12.1 Å². The average Bonchev–Trinajstić information content (AvgIpc) is 2.30. The van der Waals surface area contributed by atoms with Gasteiger partial charge in [-0.15, -0.1) is 0 Å². The fraction of sp³-hybridized carbons (Fsp3) is 0.385. The van der Waals surface area contributed by atoms with Crippen LogP contribution in [0.15, 0.2) is 18.2 Å². The molecule has 1 aromatic carbocycles. The standard InChI is InChI=1S/C13H17FN2O3/c1-13(2,12(18)19)5-6-16-10-4-3-8(14)7-9(10)11(15)17/h3-4,7,16H,5-6H2,1-2H3,(H2,15,17)(H,18,19). The van der Waals surface area contributed by atoms with Crippen LogP contribution in [0.1, 0.15) is 30.6 Å². The molecule has 19 heavy (non-hydrogen) atoms. The molecule has 4 N–H and O–H groups in total. The number of hydrogen-bond donors (Lipinski definition) is 3.